The number of hydrogen-bond donors (Lipinski definition) is 1. The van der Waals surface area contributed by atoms with Crippen molar-refractivity contribution in [3.8, 4) is 0 Å². The van der Waals surface area contributed by atoms with Crippen molar-refractivity contribution in [2.75, 3.05) is 6.54 Å². The molecule has 1 atom stereocenters. The molecule has 0 aromatic heterocycles. The number of carbonyl (C=O) groups excluding carboxylic acids is 1. The highest BCUT2D eigenvalue weighted by molar-refractivity contribution is 5.79. The first-order valence-electron chi connectivity index (χ1n) is 6.10. The molecule has 0 radical (unpaired) electrons. The van der Waals surface area contributed by atoms with Gasteiger partial charge in [0, 0.05) is 12.5 Å². The molecule has 0 aliphatic heterocycles. The maximum absolute atomic E-state index is 11.6. The Kier molecular flexibility index (Phi) is 3.60. The molecule has 16 heavy (non-hydrogen) atoms. The second-order valence-electron chi connectivity index (χ2n) is 4.68. The summed E-state index contributed by atoms with van der Waals surface area (Å²) in [4.78, 5) is 11.6. The first kappa shape index (κ1) is 11.2. The molecule has 1 amide bonds. The van der Waals surface area contributed by atoms with Gasteiger partial charge in [-0.15, -0.1) is 0 Å². The fraction of sp³-hybridized carbons (Fsp3) is 0.500. The molecule has 0 spiro atoms. The van der Waals surface area contributed by atoms with Crippen LogP contribution in [0.3, 0.4) is 0 Å². The predicted octanol–water partition coefficient (Wildman–Crippen LogP) is 2.71. The van der Waals surface area contributed by atoms with Gasteiger partial charge in [0.25, 0.3) is 0 Å². The summed E-state index contributed by atoms with van der Waals surface area (Å²) < 4.78 is 0. The van der Waals surface area contributed by atoms with Gasteiger partial charge in [0.05, 0.1) is 0 Å². The number of hydrogen-bond acceptors (Lipinski definition) is 1. The van der Waals surface area contributed by atoms with E-state index in [1.807, 2.05) is 18.2 Å². The van der Waals surface area contributed by atoms with E-state index in [0.717, 1.165) is 19.4 Å². The maximum Gasteiger partial charge on any atom is 0.223 e. The van der Waals surface area contributed by atoms with Crippen LogP contribution in [-0.2, 0) is 4.79 Å². The van der Waals surface area contributed by atoms with Gasteiger partial charge in [0.2, 0.25) is 5.91 Å². The topological polar surface area (TPSA) is 29.1 Å². The third-order valence-corrected chi connectivity index (χ3v) is 3.43. The second kappa shape index (κ2) is 5.15. The first-order chi connectivity index (χ1) is 7.77. The van der Waals surface area contributed by atoms with E-state index in [1.54, 1.807) is 0 Å². The van der Waals surface area contributed by atoms with Crippen molar-refractivity contribution in [2.45, 2.75) is 32.1 Å². The second-order valence-corrected chi connectivity index (χ2v) is 4.68. The van der Waals surface area contributed by atoms with Crippen LogP contribution in [0.4, 0.5) is 0 Å². The molecule has 2 rings (SSSR count). The number of benzene rings is 1. The zero-order chi connectivity index (χ0) is 11.4. The molecule has 0 heterocycles. The Bertz CT molecular complexity index is 343. The molecule has 0 bridgehead atoms. The molecule has 1 aliphatic carbocycles. The van der Waals surface area contributed by atoms with Crippen LogP contribution < -0.4 is 5.32 Å². The van der Waals surface area contributed by atoms with E-state index in [2.05, 4.69) is 24.4 Å². The van der Waals surface area contributed by atoms with E-state index in [9.17, 15) is 4.79 Å². The van der Waals surface area contributed by atoms with Crippen molar-refractivity contribution < 1.29 is 4.79 Å². The zero-order valence-electron chi connectivity index (χ0n) is 9.78. The molecule has 1 aromatic carbocycles. The maximum atomic E-state index is 11.6. The largest absolute Gasteiger partial charge is 0.355 e. The summed E-state index contributed by atoms with van der Waals surface area (Å²) in [5.41, 5.74) is 1.29. The van der Waals surface area contributed by atoms with Crippen molar-refractivity contribution in [1.82, 2.24) is 5.32 Å². The van der Waals surface area contributed by atoms with Gasteiger partial charge in [-0.25, -0.2) is 0 Å². The lowest BCUT2D eigenvalue weighted by Crippen LogP contribution is -2.36. The van der Waals surface area contributed by atoms with E-state index in [-0.39, 0.29) is 5.91 Å². The van der Waals surface area contributed by atoms with Crippen LogP contribution in [0.25, 0.3) is 0 Å². The molecule has 1 aromatic rings. The van der Waals surface area contributed by atoms with Crippen molar-refractivity contribution in [2.24, 2.45) is 5.92 Å². The number of rotatable bonds is 4. The normalized spacial score (nSPS) is 17.6. The average molecular weight is 217 g/mol. The molecule has 1 fully saturated rings. The van der Waals surface area contributed by atoms with Crippen molar-refractivity contribution in [3.05, 3.63) is 35.9 Å². The number of nitrogens with one attached hydrogen (secondary N) is 1. The highest BCUT2D eigenvalue weighted by Crippen LogP contribution is 2.26. The third-order valence-electron chi connectivity index (χ3n) is 3.43. The van der Waals surface area contributed by atoms with Crippen LogP contribution in [-0.4, -0.2) is 12.5 Å². The van der Waals surface area contributed by atoms with E-state index in [4.69, 9.17) is 0 Å². The summed E-state index contributed by atoms with van der Waals surface area (Å²) in [5.74, 6) is 0.933. The Labute approximate surface area is 97.1 Å². The van der Waals surface area contributed by atoms with E-state index in [0.29, 0.717) is 11.8 Å². The van der Waals surface area contributed by atoms with Crippen molar-refractivity contribution in [3.63, 3.8) is 0 Å². The molecule has 1 unspecified atom stereocenters. The van der Waals surface area contributed by atoms with Crippen LogP contribution >= 0.6 is 0 Å². The lowest BCUT2D eigenvalue weighted by atomic mass is 9.84. The molecule has 2 heteroatoms. The minimum absolute atomic E-state index is 0.244. The van der Waals surface area contributed by atoms with Gasteiger partial charge in [-0.2, -0.15) is 0 Å². The summed E-state index contributed by atoms with van der Waals surface area (Å²) in [7, 11) is 0. The Morgan fingerprint density at radius 3 is 2.62 bits per heavy atom. The molecular formula is C14H19NO. The van der Waals surface area contributed by atoms with E-state index >= 15 is 0 Å². The van der Waals surface area contributed by atoms with Crippen LogP contribution in [0.1, 0.15) is 37.7 Å². The van der Waals surface area contributed by atoms with Gasteiger partial charge in [-0.05, 0) is 24.3 Å². The highest BCUT2D eigenvalue weighted by Gasteiger charge is 2.25. The highest BCUT2D eigenvalue weighted by atomic mass is 16.1. The van der Waals surface area contributed by atoms with Gasteiger partial charge < -0.3 is 5.32 Å². The average Bonchev–Trinajstić information content (AvgIpc) is 2.25. The van der Waals surface area contributed by atoms with E-state index < -0.39 is 0 Å². The molecule has 86 valence electrons. The zero-order valence-corrected chi connectivity index (χ0v) is 9.78. The quantitative estimate of drug-likeness (QED) is 0.825. The van der Waals surface area contributed by atoms with Gasteiger partial charge in [-0.3, -0.25) is 4.79 Å². The van der Waals surface area contributed by atoms with Gasteiger partial charge in [-0.1, -0.05) is 43.7 Å². The monoisotopic (exact) mass is 217 g/mol. The Morgan fingerprint density at radius 2 is 2.06 bits per heavy atom. The van der Waals surface area contributed by atoms with Gasteiger partial charge in [0.1, 0.15) is 0 Å². The Morgan fingerprint density at radius 1 is 1.38 bits per heavy atom. The first-order valence-corrected chi connectivity index (χ1v) is 6.10. The fourth-order valence-corrected chi connectivity index (χ4v) is 1.97. The summed E-state index contributed by atoms with van der Waals surface area (Å²) in [6.07, 6.45) is 3.36. The molecule has 1 N–H and O–H groups in total. The standard InChI is InChI=1S/C14H19NO/c1-11(12-6-3-2-4-7-12)10-15-14(16)13-8-5-9-13/h2-4,6-7,11,13H,5,8-10H2,1H3,(H,15,16). The Balaban J connectivity index is 1.79. The Hall–Kier alpha value is -1.31. The number of carbonyl (C=O) groups is 1. The van der Waals surface area contributed by atoms with Crippen LogP contribution in [0.15, 0.2) is 30.3 Å². The fourth-order valence-electron chi connectivity index (χ4n) is 1.97. The smallest absolute Gasteiger partial charge is 0.223 e. The molecule has 0 saturated heterocycles. The summed E-state index contributed by atoms with van der Waals surface area (Å²) in [5, 5.41) is 3.04. The molecule has 1 saturated carbocycles. The lowest BCUT2D eigenvalue weighted by molar-refractivity contribution is -0.127. The lowest BCUT2D eigenvalue weighted by Gasteiger charge is -2.25. The van der Waals surface area contributed by atoms with Crippen LogP contribution in [0.2, 0.25) is 0 Å². The molecular weight excluding hydrogens is 198 g/mol. The SMILES string of the molecule is CC(CNC(=O)C1CCC1)c1ccccc1. The molecule has 1 aliphatic rings. The minimum Gasteiger partial charge on any atom is -0.355 e. The van der Waals surface area contributed by atoms with Gasteiger partial charge >= 0.3 is 0 Å². The third kappa shape index (κ3) is 2.63. The van der Waals surface area contributed by atoms with Gasteiger partial charge in [0.15, 0.2) is 0 Å². The predicted molar refractivity (Wildman–Crippen MR) is 65.2 cm³/mol. The summed E-state index contributed by atoms with van der Waals surface area (Å²) >= 11 is 0. The summed E-state index contributed by atoms with van der Waals surface area (Å²) in [6, 6.07) is 10.3. The van der Waals surface area contributed by atoms with E-state index in [1.165, 1.54) is 12.0 Å². The molecule has 2 nitrogen and oxygen atoms in total. The minimum atomic E-state index is 0.244. The number of amides is 1. The van der Waals surface area contributed by atoms with Crippen molar-refractivity contribution >= 4 is 5.91 Å². The van der Waals surface area contributed by atoms with Crippen LogP contribution in [0.5, 0.6) is 0 Å². The van der Waals surface area contributed by atoms with Crippen molar-refractivity contribution in [1.29, 1.82) is 0 Å². The van der Waals surface area contributed by atoms with Crippen LogP contribution in [0, 0.1) is 5.92 Å². The summed E-state index contributed by atoms with van der Waals surface area (Å²) in [6.45, 7) is 2.90.